The molecule has 0 saturated carbocycles. The van der Waals surface area contributed by atoms with Crippen molar-refractivity contribution >= 4 is 18.1 Å². The van der Waals surface area contributed by atoms with E-state index in [2.05, 4.69) is 20.7 Å². The Bertz CT molecular complexity index is 485. The zero-order chi connectivity index (χ0) is 10.8. The van der Waals surface area contributed by atoms with Crippen LogP contribution in [-0.4, -0.2) is 27.3 Å². The molecule has 0 saturated heterocycles. The number of tetrazole rings is 1. The van der Waals surface area contributed by atoms with E-state index in [1.165, 1.54) is 16.9 Å². The highest BCUT2D eigenvalue weighted by molar-refractivity contribution is 5.85. The van der Waals surface area contributed by atoms with Gasteiger partial charge in [-0.1, -0.05) is 0 Å². The quantitative estimate of drug-likeness (QED) is 0.868. The van der Waals surface area contributed by atoms with Gasteiger partial charge < -0.3 is 5.32 Å². The van der Waals surface area contributed by atoms with Crippen molar-refractivity contribution in [3.8, 4) is 11.4 Å². The van der Waals surface area contributed by atoms with Gasteiger partial charge >= 0.3 is 0 Å². The maximum absolute atomic E-state index is 13.1. The molecular formula is C9H11ClFN5. The number of aryl methyl sites for hydroxylation is 1. The van der Waals surface area contributed by atoms with E-state index in [1.54, 1.807) is 20.2 Å². The van der Waals surface area contributed by atoms with E-state index < -0.39 is 0 Å². The Hall–Kier alpha value is -1.69. The third-order valence-electron chi connectivity index (χ3n) is 2.00. The number of halogens is 2. The molecule has 0 radical (unpaired) electrons. The molecule has 0 aliphatic heterocycles. The smallest absolute Gasteiger partial charge is 0.207 e. The van der Waals surface area contributed by atoms with Gasteiger partial charge in [0.05, 0.1) is 7.05 Å². The van der Waals surface area contributed by atoms with E-state index in [4.69, 9.17) is 0 Å². The molecule has 1 aromatic heterocycles. The molecule has 16 heavy (non-hydrogen) atoms. The highest BCUT2D eigenvalue weighted by atomic mass is 35.5. The maximum atomic E-state index is 13.1. The molecule has 0 spiro atoms. The van der Waals surface area contributed by atoms with Crippen molar-refractivity contribution < 1.29 is 4.39 Å². The summed E-state index contributed by atoms with van der Waals surface area (Å²) < 4.78 is 13.1. The fourth-order valence-corrected chi connectivity index (χ4v) is 1.31. The summed E-state index contributed by atoms with van der Waals surface area (Å²) in [5.41, 5.74) is 1.37. The van der Waals surface area contributed by atoms with Crippen molar-refractivity contribution in [3.05, 3.63) is 24.0 Å². The second-order valence-electron chi connectivity index (χ2n) is 3.04. The molecule has 0 bridgehead atoms. The first-order valence-electron chi connectivity index (χ1n) is 4.42. The van der Waals surface area contributed by atoms with Crippen LogP contribution in [-0.2, 0) is 7.05 Å². The predicted molar refractivity (Wildman–Crippen MR) is 61.0 cm³/mol. The molecule has 0 unspecified atom stereocenters. The van der Waals surface area contributed by atoms with Gasteiger partial charge in [0.1, 0.15) is 5.82 Å². The van der Waals surface area contributed by atoms with Gasteiger partial charge in [0.25, 0.3) is 0 Å². The van der Waals surface area contributed by atoms with Crippen LogP contribution in [0.2, 0.25) is 0 Å². The van der Waals surface area contributed by atoms with Crippen LogP contribution in [0.15, 0.2) is 18.2 Å². The number of hydrogen-bond donors (Lipinski definition) is 1. The Balaban J connectivity index is 0.00000128. The van der Waals surface area contributed by atoms with Crippen molar-refractivity contribution in [2.45, 2.75) is 0 Å². The molecule has 0 fully saturated rings. The number of rotatable bonds is 2. The molecule has 0 amide bonds. The summed E-state index contributed by atoms with van der Waals surface area (Å²) in [4.78, 5) is 1.33. The van der Waals surface area contributed by atoms with Crippen LogP contribution < -0.4 is 5.32 Å². The molecule has 2 aromatic rings. The second kappa shape index (κ2) is 4.89. The summed E-state index contributed by atoms with van der Waals surface area (Å²) in [6.45, 7) is 0. The molecule has 0 aliphatic rings. The Labute approximate surface area is 98.1 Å². The molecule has 2 rings (SSSR count). The number of nitrogens with zero attached hydrogens (tertiary/aromatic N) is 4. The standard InChI is InChI=1S/C9H10FN5.ClH/c1-11-8-4-3-6(10)5-7(8)9-12-14-15(2)13-9;/h3-5,11H,1-2H3;1H. The average Bonchev–Trinajstić information content (AvgIpc) is 2.65. The average molecular weight is 244 g/mol. The topological polar surface area (TPSA) is 55.6 Å². The Morgan fingerprint density at radius 1 is 1.38 bits per heavy atom. The van der Waals surface area contributed by atoms with Crippen LogP contribution in [0.3, 0.4) is 0 Å². The number of benzene rings is 1. The second-order valence-corrected chi connectivity index (χ2v) is 3.04. The van der Waals surface area contributed by atoms with Crippen molar-refractivity contribution in [1.29, 1.82) is 0 Å². The van der Waals surface area contributed by atoms with Crippen molar-refractivity contribution in [3.63, 3.8) is 0 Å². The minimum Gasteiger partial charge on any atom is -0.388 e. The summed E-state index contributed by atoms with van der Waals surface area (Å²) in [5.74, 6) is 0.0813. The third kappa shape index (κ3) is 2.27. The van der Waals surface area contributed by atoms with E-state index >= 15 is 0 Å². The zero-order valence-electron chi connectivity index (χ0n) is 8.81. The van der Waals surface area contributed by atoms with Crippen LogP contribution in [0.1, 0.15) is 0 Å². The normalized spacial score (nSPS) is 9.69. The minimum atomic E-state index is -0.323. The minimum absolute atomic E-state index is 0. The van der Waals surface area contributed by atoms with Gasteiger partial charge in [-0.3, -0.25) is 0 Å². The summed E-state index contributed by atoms with van der Waals surface area (Å²) >= 11 is 0. The highest BCUT2D eigenvalue weighted by Crippen LogP contribution is 2.24. The van der Waals surface area contributed by atoms with Gasteiger partial charge in [-0.15, -0.1) is 22.6 Å². The largest absolute Gasteiger partial charge is 0.388 e. The first-order valence-corrected chi connectivity index (χ1v) is 4.42. The SMILES string of the molecule is CNc1ccc(F)cc1-c1nnn(C)n1.Cl. The molecule has 7 heteroatoms. The lowest BCUT2D eigenvalue weighted by Crippen LogP contribution is -1.95. The molecule has 0 aliphatic carbocycles. The van der Waals surface area contributed by atoms with Crippen molar-refractivity contribution in [1.82, 2.24) is 20.2 Å². The lowest BCUT2D eigenvalue weighted by molar-refractivity contribution is 0.627. The molecule has 0 atom stereocenters. The Morgan fingerprint density at radius 2 is 2.12 bits per heavy atom. The van der Waals surface area contributed by atoms with E-state index in [1.807, 2.05) is 0 Å². The predicted octanol–water partition coefficient (Wildman–Crippen LogP) is 1.48. The van der Waals surface area contributed by atoms with E-state index in [-0.39, 0.29) is 18.2 Å². The van der Waals surface area contributed by atoms with Gasteiger partial charge in [0, 0.05) is 18.3 Å². The van der Waals surface area contributed by atoms with Gasteiger partial charge in [0.15, 0.2) is 0 Å². The van der Waals surface area contributed by atoms with Gasteiger partial charge in [0.2, 0.25) is 5.82 Å². The van der Waals surface area contributed by atoms with Crippen LogP contribution in [0, 0.1) is 5.82 Å². The van der Waals surface area contributed by atoms with Crippen LogP contribution in [0.5, 0.6) is 0 Å². The van der Waals surface area contributed by atoms with E-state index in [0.29, 0.717) is 11.4 Å². The lowest BCUT2D eigenvalue weighted by Gasteiger charge is -2.04. The Kier molecular flexibility index (Phi) is 3.78. The maximum Gasteiger partial charge on any atom is 0.207 e. The molecule has 86 valence electrons. The molecule has 5 nitrogen and oxygen atoms in total. The number of nitrogens with one attached hydrogen (secondary N) is 1. The Morgan fingerprint density at radius 3 is 2.69 bits per heavy atom. The van der Waals surface area contributed by atoms with Crippen LogP contribution in [0.25, 0.3) is 11.4 Å². The zero-order valence-corrected chi connectivity index (χ0v) is 9.62. The first kappa shape index (κ1) is 12.4. The number of anilines is 1. The first-order chi connectivity index (χ1) is 7.20. The highest BCUT2D eigenvalue weighted by Gasteiger charge is 2.10. The van der Waals surface area contributed by atoms with Crippen LogP contribution in [0.4, 0.5) is 10.1 Å². The summed E-state index contributed by atoms with van der Waals surface area (Å²) in [7, 11) is 3.42. The number of aromatic nitrogens is 4. The van der Waals surface area contributed by atoms with E-state index in [0.717, 1.165) is 5.69 Å². The monoisotopic (exact) mass is 243 g/mol. The summed E-state index contributed by atoms with van der Waals surface area (Å²) in [5, 5.41) is 14.5. The van der Waals surface area contributed by atoms with Crippen LogP contribution >= 0.6 is 12.4 Å². The molecule has 1 heterocycles. The van der Waals surface area contributed by atoms with E-state index in [9.17, 15) is 4.39 Å². The van der Waals surface area contributed by atoms with Crippen molar-refractivity contribution in [2.75, 3.05) is 12.4 Å². The fourth-order valence-electron chi connectivity index (χ4n) is 1.31. The van der Waals surface area contributed by atoms with Gasteiger partial charge in [-0.25, -0.2) is 4.39 Å². The van der Waals surface area contributed by atoms with Gasteiger partial charge in [-0.2, -0.15) is 4.80 Å². The molecular weight excluding hydrogens is 233 g/mol. The lowest BCUT2D eigenvalue weighted by atomic mass is 10.1. The summed E-state index contributed by atoms with van der Waals surface area (Å²) in [6.07, 6.45) is 0. The number of hydrogen-bond acceptors (Lipinski definition) is 4. The molecule has 1 aromatic carbocycles. The van der Waals surface area contributed by atoms with Crippen molar-refractivity contribution in [2.24, 2.45) is 7.05 Å². The fraction of sp³-hybridized carbons (Fsp3) is 0.222. The third-order valence-corrected chi connectivity index (χ3v) is 2.00. The van der Waals surface area contributed by atoms with Gasteiger partial charge in [-0.05, 0) is 23.4 Å². The summed E-state index contributed by atoms with van der Waals surface area (Å²) in [6, 6.07) is 4.40. The molecule has 1 N–H and O–H groups in total.